The maximum absolute atomic E-state index is 2.71. The minimum atomic E-state index is -0.122. The van der Waals surface area contributed by atoms with E-state index in [2.05, 4.69) is 276 Å². The number of rotatable bonds is 3. The van der Waals surface area contributed by atoms with Crippen LogP contribution in [0.4, 0.5) is 34.1 Å². The van der Waals surface area contributed by atoms with E-state index in [4.69, 9.17) is 0 Å². The fourth-order valence-corrected chi connectivity index (χ4v) is 14.9. The first-order chi connectivity index (χ1) is 36.5. The van der Waals surface area contributed by atoms with E-state index in [0.29, 0.717) is 13.8 Å². The summed E-state index contributed by atoms with van der Waals surface area (Å²) in [5.74, 6) is 1.17. The molecule has 1 saturated heterocycles. The standard InChI is InChI=1S/C72H71N5/c1-43-35-57-55-26-22-30-62-66(55)75(67-56(58(57)36-44(43)2)33-32-54-53-23-15-16-27-59(53)74(64(54)67)63-31-19-20-34-73(63)75)68-76(62)60-28-17-18-29-61(60)77(68,76)65-51(45-37-47(69(3,4)5)41-48(38-45)70(6,7)8)24-21-25-52(65)46-39-49(71(9,10)11)42-50(40-46)72(12,13)14/h15-42,68H,1-14H3/q+4. The minimum Gasteiger partial charge on any atom is -0.181 e. The van der Waals surface area contributed by atoms with Crippen LogP contribution < -0.4 is 18.5 Å². The van der Waals surface area contributed by atoms with Crippen LogP contribution in [0.25, 0.3) is 72.1 Å². The Morgan fingerprint density at radius 2 is 0.870 bits per heavy atom. The second kappa shape index (κ2) is 14.6. The summed E-state index contributed by atoms with van der Waals surface area (Å²) in [6, 6.07) is 65.4. The van der Waals surface area contributed by atoms with Gasteiger partial charge in [0, 0.05) is 59.9 Å². The van der Waals surface area contributed by atoms with Crippen molar-refractivity contribution in [3.63, 3.8) is 0 Å². The lowest BCUT2D eigenvalue weighted by Crippen LogP contribution is -2.74. The number of aryl methyl sites for hydroxylation is 2. The number of hydrogen-bond acceptors (Lipinski definition) is 0. The molecule has 0 aliphatic carbocycles. The van der Waals surface area contributed by atoms with Crippen molar-refractivity contribution < 1.29 is 4.68 Å². The van der Waals surface area contributed by atoms with Crippen LogP contribution in [0.5, 0.6) is 0 Å². The zero-order valence-electron chi connectivity index (χ0n) is 47.5. The first kappa shape index (κ1) is 46.9. The van der Waals surface area contributed by atoms with E-state index in [1.165, 1.54) is 140 Å². The first-order valence-corrected chi connectivity index (χ1v) is 28.1. The monoisotopic (exact) mass is 1010 g/mol. The summed E-state index contributed by atoms with van der Waals surface area (Å²) in [6.45, 7) is 33.1. The van der Waals surface area contributed by atoms with Gasteiger partial charge in [0.15, 0.2) is 6.20 Å². The number of nitrogens with zero attached hydrogens (tertiary/aromatic N) is 5. The lowest BCUT2D eigenvalue weighted by molar-refractivity contribution is -0.793. The van der Waals surface area contributed by atoms with Gasteiger partial charge in [0.1, 0.15) is 5.52 Å². The quantitative estimate of drug-likeness (QED) is 0.0947. The SMILES string of the molecule is Cc1cc2c(cc1C)-c1ccc3c4ccccc4n4c3c1[N+]1(c3c-2cccc3[N+]23c5ccccc5[N+]2(c2c(-c5cc(C(C)(C)C)cc(C(C)(C)C)c5)cccc2-c2cc(C(C)(C)C)cc(C(C)(C)C)c2)C13)[n+]1ccccc1-4. The summed E-state index contributed by atoms with van der Waals surface area (Å²) in [4.78, 5) is 0. The number of aromatic nitrogens is 2. The van der Waals surface area contributed by atoms with Crippen LogP contribution in [0.1, 0.15) is 116 Å². The third-order valence-electron chi connectivity index (χ3n) is 18.9. The molecule has 5 nitrogen and oxygen atoms in total. The van der Waals surface area contributed by atoms with E-state index >= 15 is 0 Å². The Hall–Kier alpha value is -7.41. The predicted molar refractivity (Wildman–Crippen MR) is 323 cm³/mol. The highest BCUT2D eigenvalue weighted by Gasteiger charge is 3.11. The molecule has 10 aromatic rings. The molecule has 0 radical (unpaired) electrons. The van der Waals surface area contributed by atoms with Gasteiger partial charge >= 0.3 is 12.1 Å². The minimum absolute atomic E-state index is 0.0761. The summed E-state index contributed by atoms with van der Waals surface area (Å²) >= 11 is 0. The van der Waals surface area contributed by atoms with Crippen LogP contribution in [0.3, 0.4) is 0 Å². The smallest absolute Gasteiger partial charge is 0.181 e. The summed E-state index contributed by atoms with van der Waals surface area (Å²) in [7, 11) is 0. The van der Waals surface area contributed by atoms with Crippen molar-refractivity contribution in [3.8, 4) is 50.3 Å². The van der Waals surface area contributed by atoms with E-state index in [9.17, 15) is 0 Å². The summed E-state index contributed by atoms with van der Waals surface area (Å²) in [5.41, 5.74) is 28.9. The third-order valence-corrected chi connectivity index (χ3v) is 18.9. The molecule has 15 rings (SSSR count). The van der Waals surface area contributed by atoms with E-state index < -0.39 is 0 Å². The molecule has 0 amide bonds. The number of para-hydroxylation sites is 5. The van der Waals surface area contributed by atoms with Gasteiger partial charge in [-0.3, -0.25) is 0 Å². The van der Waals surface area contributed by atoms with Crippen molar-refractivity contribution in [3.05, 3.63) is 203 Å². The van der Waals surface area contributed by atoms with Crippen molar-refractivity contribution in [1.29, 1.82) is 0 Å². The molecule has 4 atom stereocenters. The average Bonchev–Trinajstić information content (AvgIpc) is 1.44. The Balaban J connectivity index is 1.17. The molecule has 380 valence electrons. The normalized spacial score (nSPS) is 21.1. The molecule has 0 saturated carbocycles. The number of fused-ring (bicyclic) bond motifs is 11. The van der Waals surface area contributed by atoms with Crippen LogP contribution >= 0.6 is 0 Å². The second-order valence-electron chi connectivity index (χ2n) is 27.5. The number of benzene rings is 8. The third kappa shape index (κ3) is 5.57. The van der Waals surface area contributed by atoms with Crippen LogP contribution in [-0.2, 0) is 21.7 Å². The van der Waals surface area contributed by atoms with Gasteiger partial charge in [-0.15, -0.1) is 0 Å². The highest BCUT2D eigenvalue weighted by molar-refractivity contribution is 6.20. The van der Waals surface area contributed by atoms with Crippen molar-refractivity contribution in [2.75, 3.05) is 0 Å². The topological polar surface area (TPSA) is 8.81 Å². The molecule has 7 heterocycles. The molecule has 0 N–H and O–H groups in total. The van der Waals surface area contributed by atoms with Crippen molar-refractivity contribution in [2.24, 2.45) is 0 Å². The fourth-order valence-electron chi connectivity index (χ4n) is 14.9. The van der Waals surface area contributed by atoms with Crippen molar-refractivity contribution in [2.45, 2.75) is 125 Å². The largest absolute Gasteiger partial charge is 0.498 e. The van der Waals surface area contributed by atoms with E-state index in [0.717, 1.165) is 0 Å². The predicted octanol–water partition coefficient (Wildman–Crippen LogP) is 18.8. The molecule has 2 spiro atoms. The Kier molecular flexibility index (Phi) is 8.87. The molecule has 77 heavy (non-hydrogen) atoms. The molecule has 0 bridgehead atoms. The molecule has 8 aromatic carbocycles. The molecular formula is C72H71N5+4. The van der Waals surface area contributed by atoms with Gasteiger partial charge in [-0.25, -0.2) is 0 Å². The average molecular weight is 1010 g/mol. The van der Waals surface area contributed by atoms with Crippen LogP contribution in [0.15, 0.2) is 170 Å². The van der Waals surface area contributed by atoms with Gasteiger partial charge in [0.25, 0.3) is 22.7 Å². The van der Waals surface area contributed by atoms with Crippen LogP contribution in [0.2, 0.25) is 0 Å². The van der Waals surface area contributed by atoms with Crippen LogP contribution in [-0.4, -0.2) is 10.9 Å². The highest BCUT2D eigenvalue weighted by atomic mass is 16.2. The van der Waals surface area contributed by atoms with Gasteiger partial charge in [-0.05, 0) is 144 Å². The van der Waals surface area contributed by atoms with E-state index in [-0.39, 0.29) is 27.9 Å². The summed E-state index contributed by atoms with van der Waals surface area (Å²) in [5, 5.41) is 2.57. The lowest BCUT2D eigenvalue weighted by Gasteiger charge is -2.35. The molecule has 4 unspecified atom stereocenters. The Morgan fingerprint density at radius 1 is 0.390 bits per heavy atom. The lowest BCUT2D eigenvalue weighted by atomic mass is 9.77. The highest BCUT2D eigenvalue weighted by Crippen LogP contribution is 2.86. The number of hydrogen-bond donors (Lipinski definition) is 0. The number of quaternary nitrogens is 3. The van der Waals surface area contributed by atoms with E-state index in [1.807, 2.05) is 0 Å². The Bertz CT molecular complexity index is 4150. The number of pyridine rings is 1. The Morgan fingerprint density at radius 3 is 1.44 bits per heavy atom. The Labute approximate surface area is 455 Å². The summed E-state index contributed by atoms with van der Waals surface area (Å²) in [6.07, 6.45) is 2.30. The molecule has 5 heteroatoms. The molecule has 5 aliphatic rings. The molecule has 5 aliphatic heterocycles. The van der Waals surface area contributed by atoms with Crippen molar-refractivity contribution >= 4 is 55.9 Å². The maximum Gasteiger partial charge on any atom is 0.498 e. The van der Waals surface area contributed by atoms with Gasteiger partial charge in [-0.1, -0.05) is 174 Å². The van der Waals surface area contributed by atoms with Gasteiger partial charge in [0.05, 0.1) is 11.1 Å². The van der Waals surface area contributed by atoms with Crippen molar-refractivity contribution in [1.82, 2.24) is 18.3 Å². The van der Waals surface area contributed by atoms with Crippen LogP contribution in [0, 0.1) is 13.8 Å². The second-order valence-corrected chi connectivity index (χ2v) is 27.5. The summed E-state index contributed by atoms with van der Waals surface area (Å²) < 4.78 is 7.11. The first-order valence-electron chi connectivity index (χ1n) is 28.1. The van der Waals surface area contributed by atoms with Gasteiger partial charge in [0.2, 0.25) is 16.9 Å². The van der Waals surface area contributed by atoms with E-state index in [1.54, 1.807) is 0 Å². The zero-order chi connectivity index (χ0) is 53.5. The molecular weight excluding hydrogens is 935 g/mol. The molecule has 1 fully saturated rings. The maximum atomic E-state index is 2.71. The van der Waals surface area contributed by atoms with Gasteiger partial charge < -0.3 is 0 Å². The molecule has 2 aromatic heterocycles. The zero-order valence-corrected chi connectivity index (χ0v) is 47.5. The fraction of sp³-hybridized carbons (Fsp3) is 0.264. The van der Waals surface area contributed by atoms with Gasteiger partial charge in [-0.2, -0.15) is 4.57 Å².